The second-order valence-corrected chi connectivity index (χ2v) is 17.9. The van der Waals surface area contributed by atoms with E-state index >= 15 is 0 Å². The van der Waals surface area contributed by atoms with Crippen molar-refractivity contribution >= 4 is 23.9 Å². The molecule has 0 bridgehead atoms. The summed E-state index contributed by atoms with van der Waals surface area (Å²) in [6, 6.07) is 3.22. The molecular weight excluding hydrogens is 821 g/mol. The van der Waals surface area contributed by atoms with Crippen molar-refractivity contribution in [2.75, 3.05) is 33.0 Å². The molecule has 0 amide bonds. The van der Waals surface area contributed by atoms with Crippen molar-refractivity contribution in [3.05, 3.63) is 54.2 Å². The van der Waals surface area contributed by atoms with Crippen molar-refractivity contribution in [3.8, 4) is 17.2 Å². The molecule has 0 saturated heterocycles. The summed E-state index contributed by atoms with van der Waals surface area (Å²) in [4.78, 5) is 48.5. The predicted octanol–water partition coefficient (Wildman–Crippen LogP) is 15.0. The van der Waals surface area contributed by atoms with Crippen LogP contribution in [0.1, 0.15) is 231 Å². The van der Waals surface area contributed by atoms with Gasteiger partial charge in [0.15, 0.2) is 11.5 Å². The van der Waals surface area contributed by atoms with Crippen molar-refractivity contribution < 1.29 is 47.6 Å². The van der Waals surface area contributed by atoms with Crippen molar-refractivity contribution in [2.45, 2.75) is 220 Å². The maximum absolute atomic E-state index is 13.2. The maximum Gasteiger partial charge on any atom is 0.346 e. The van der Waals surface area contributed by atoms with Gasteiger partial charge in [-0.05, 0) is 65.0 Å². The van der Waals surface area contributed by atoms with Crippen molar-refractivity contribution in [1.29, 1.82) is 0 Å². The van der Waals surface area contributed by atoms with E-state index < -0.39 is 11.9 Å². The SMILES string of the molecule is C=C(C)C(=O)OCCCCCCCCCCCCOc1cc(C(=O)OC(=O)C(=C)C)cc(OCCCCCCCCCCCC)c1OCCCCCCCCCCCCOC(=O)C(=C)C. The Morgan fingerprint density at radius 3 is 0.969 bits per heavy atom. The van der Waals surface area contributed by atoms with Crippen molar-refractivity contribution in [1.82, 2.24) is 0 Å². The van der Waals surface area contributed by atoms with E-state index in [9.17, 15) is 19.2 Å². The van der Waals surface area contributed by atoms with Crippen LogP contribution in [0.15, 0.2) is 48.6 Å². The fraction of sp³-hybridized carbons (Fsp3) is 0.709. The molecule has 0 radical (unpaired) electrons. The molecule has 1 aromatic carbocycles. The lowest BCUT2D eigenvalue weighted by atomic mass is 10.1. The predicted molar refractivity (Wildman–Crippen MR) is 264 cm³/mol. The average Bonchev–Trinajstić information content (AvgIpc) is 3.28. The molecule has 1 rings (SSSR count). The molecular formula is C55H90O10. The van der Waals surface area contributed by atoms with Gasteiger partial charge in [0.1, 0.15) is 0 Å². The van der Waals surface area contributed by atoms with Crippen LogP contribution in [0.5, 0.6) is 17.2 Å². The number of carbonyl (C=O) groups excluding carboxylic acids is 4. The first-order valence-corrected chi connectivity index (χ1v) is 25.6. The van der Waals surface area contributed by atoms with Crippen LogP contribution in [-0.2, 0) is 28.6 Å². The first-order valence-electron chi connectivity index (χ1n) is 25.6. The molecule has 0 N–H and O–H groups in total. The number of esters is 4. The molecule has 65 heavy (non-hydrogen) atoms. The Morgan fingerprint density at radius 2 is 0.662 bits per heavy atom. The Labute approximate surface area is 395 Å². The van der Waals surface area contributed by atoms with Crippen LogP contribution in [0, 0.1) is 0 Å². The van der Waals surface area contributed by atoms with E-state index in [4.69, 9.17) is 28.4 Å². The molecule has 0 aromatic heterocycles. The van der Waals surface area contributed by atoms with Gasteiger partial charge in [-0.2, -0.15) is 0 Å². The Kier molecular flexibility index (Phi) is 36.5. The molecule has 0 atom stereocenters. The van der Waals surface area contributed by atoms with E-state index in [0.717, 1.165) is 103 Å². The number of rotatable bonds is 44. The van der Waals surface area contributed by atoms with E-state index in [2.05, 4.69) is 26.7 Å². The number of ether oxygens (including phenoxy) is 6. The average molecular weight is 911 g/mol. The Balaban J connectivity index is 2.75. The number of carbonyl (C=O) groups is 4. The molecule has 1 aromatic rings. The number of benzene rings is 1. The molecule has 0 spiro atoms. The summed E-state index contributed by atoms with van der Waals surface area (Å²) in [5.41, 5.74) is 1.19. The molecule has 0 fully saturated rings. The van der Waals surface area contributed by atoms with Gasteiger partial charge in [-0.15, -0.1) is 0 Å². The Bertz CT molecular complexity index is 1500. The van der Waals surface area contributed by atoms with Gasteiger partial charge in [0, 0.05) is 16.7 Å². The van der Waals surface area contributed by atoms with Gasteiger partial charge < -0.3 is 28.4 Å². The van der Waals surface area contributed by atoms with Crippen LogP contribution in [0.25, 0.3) is 0 Å². The third-order valence-electron chi connectivity index (χ3n) is 11.3. The molecule has 0 heterocycles. The highest BCUT2D eigenvalue weighted by Crippen LogP contribution is 2.40. The minimum absolute atomic E-state index is 0.141. The van der Waals surface area contributed by atoms with Gasteiger partial charge in [0.2, 0.25) is 5.75 Å². The van der Waals surface area contributed by atoms with Crippen LogP contribution in [0.2, 0.25) is 0 Å². The summed E-state index contributed by atoms with van der Waals surface area (Å²) in [5, 5.41) is 0. The third kappa shape index (κ3) is 32.3. The zero-order valence-electron chi connectivity index (χ0n) is 41.6. The minimum atomic E-state index is -0.784. The second kappa shape index (κ2) is 40.2. The normalized spacial score (nSPS) is 10.9. The van der Waals surface area contributed by atoms with E-state index in [-0.39, 0.29) is 23.1 Å². The summed E-state index contributed by atoms with van der Waals surface area (Å²) in [7, 11) is 0. The molecule has 370 valence electrons. The molecule has 0 aliphatic heterocycles. The van der Waals surface area contributed by atoms with Gasteiger partial charge in [-0.3, -0.25) is 0 Å². The molecule has 0 unspecified atom stereocenters. The summed E-state index contributed by atoms with van der Waals surface area (Å²) in [6.45, 7) is 20.3. The van der Waals surface area contributed by atoms with E-state index in [1.165, 1.54) is 96.8 Å². The van der Waals surface area contributed by atoms with Gasteiger partial charge in [0.05, 0.1) is 38.6 Å². The first kappa shape index (κ1) is 58.9. The van der Waals surface area contributed by atoms with E-state index in [1.807, 2.05) is 0 Å². The van der Waals surface area contributed by atoms with Gasteiger partial charge >= 0.3 is 23.9 Å². The van der Waals surface area contributed by atoms with Crippen LogP contribution in [0.4, 0.5) is 0 Å². The minimum Gasteiger partial charge on any atom is -0.490 e. The molecule has 10 heteroatoms. The van der Waals surface area contributed by atoms with Gasteiger partial charge in [-0.1, -0.05) is 187 Å². The Hall–Kier alpha value is -4.08. The molecule has 0 saturated carbocycles. The van der Waals surface area contributed by atoms with Crippen LogP contribution in [0.3, 0.4) is 0 Å². The standard InChI is InChI=1S/C55H90O10/c1-8-9-10-11-12-13-18-23-28-33-38-60-49-43-48(55(59)65-54(58)47(6)7)44-50(61-39-34-29-24-19-14-16-21-26-31-36-41-63-52(56)45(2)3)51(49)62-40-35-30-25-20-15-17-22-27-32-37-42-64-53(57)46(4)5/h43-44H,2,4,6,8-42H2,1,3,5,7H3. The maximum atomic E-state index is 13.2. The number of hydrogen-bond acceptors (Lipinski definition) is 10. The number of hydrogen-bond donors (Lipinski definition) is 0. The lowest BCUT2D eigenvalue weighted by Crippen LogP contribution is -2.14. The largest absolute Gasteiger partial charge is 0.490 e. The van der Waals surface area contributed by atoms with E-state index in [1.54, 1.807) is 26.0 Å². The number of unbranched alkanes of at least 4 members (excludes halogenated alkanes) is 27. The highest BCUT2D eigenvalue weighted by Gasteiger charge is 2.22. The van der Waals surface area contributed by atoms with E-state index in [0.29, 0.717) is 61.4 Å². The molecule has 0 aliphatic carbocycles. The third-order valence-corrected chi connectivity index (χ3v) is 11.3. The van der Waals surface area contributed by atoms with Crippen molar-refractivity contribution in [2.24, 2.45) is 0 Å². The zero-order valence-corrected chi connectivity index (χ0v) is 41.6. The lowest BCUT2D eigenvalue weighted by Gasteiger charge is -2.18. The lowest BCUT2D eigenvalue weighted by molar-refractivity contribution is -0.139. The second-order valence-electron chi connectivity index (χ2n) is 17.9. The van der Waals surface area contributed by atoms with Crippen LogP contribution >= 0.6 is 0 Å². The Morgan fingerprint density at radius 1 is 0.385 bits per heavy atom. The smallest absolute Gasteiger partial charge is 0.346 e. The zero-order chi connectivity index (χ0) is 47.8. The highest BCUT2D eigenvalue weighted by atomic mass is 16.6. The summed E-state index contributed by atoms with van der Waals surface area (Å²) < 4.78 is 34.6. The van der Waals surface area contributed by atoms with Crippen LogP contribution in [-0.4, -0.2) is 56.9 Å². The molecule has 10 nitrogen and oxygen atoms in total. The highest BCUT2D eigenvalue weighted by molar-refractivity contribution is 6.02. The first-order chi connectivity index (χ1) is 31.5. The van der Waals surface area contributed by atoms with Crippen LogP contribution < -0.4 is 14.2 Å². The fourth-order valence-electron chi connectivity index (χ4n) is 7.22. The summed E-state index contributed by atoms with van der Waals surface area (Å²) in [6.07, 6.45) is 33.9. The fourth-order valence-corrected chi connectivity index (χ4v) is 7.22. The topological polar surface area (TPSA) is 124 Å². The van der Waals surface area contributed by atoms with Gasteiger partial charge in [-0.25, -0.2) is 19.2 Å². The summed E-state index contributed by atoms with van der Waals surface area (Å²) in [5.74, 6) is -0.840. The van der Waals surface area contributed by atoms with Gasteiger partial charge in [0.25, 0.3) is 0 Å². The summed E-state index contributed by atoms with van der Waals surface area (Å²) >= 11 is 0. The van der Waals surface area contributed by atoms with Crippen molar-refractivity contribution in [3.63, 3.8) is 0 Å². The monoisotopic (exact) mass is 911 g/mol. The quantitative estimate of drug-likeness (QED) is 0.0205. The molecule has 0 aliphatic rings.